The topological polar surface area (TPSA) is 97.4 Å². The van der Waals surface area contributed by atoms with E-state index in [0.29, 0.717) is 24.1 Å². The van der Waals surface area contributed by atoms with Gasteiger partial charge in [-0.15, -0.1) is 11.3 Å². The third-order valence-electron chi connectivity index (χ3n) is 6.58. The number of hydrogen-bond acceptors (Lipinski definition) is 6. The number of sulfonamides is 1. The largest absolute Gasteiger partial charge is 0.381 e. The Kier molecular flexibility index (Phi) is 8.77. The van der Waals surface area contributed by atoms with Crippen molar-refractivity contribution in [1.29, 1.82) is 0 Å². The Morgan fingerprint density at radius 3 is 2.47 bits per heavy atom. The van der Waals surface area contributed by atoms with Gasteiger partial charge in [0.15, 0.2) is 5.01 Å². The van der Waals surface area contributed by atoms with Crippen LogP contribution in [0.5, 0.6) is 0 Å². The molecule has 36 heavy (non-hydrogen) atoms. The van der Waals surface area contributed by atoms with Crippen molar-refractivity contribution in [3.05, 3.63) is 33.9 Å². The van der Waals surface area contributed by atoms with E-state index in [1.807, 2.05) is 0 Å². The number of ether oxygens (including phenoxy) is 1. The second-order valence-electron chi connectivity index (χ2n) is 10.9. The van der Waals surface area contributed by atoms with E-state index in [1.54, 1.807) is 32.9 Å². The van der Waals surface area contributed by atoms with Crippen molar-refractivity contribution < 1.29 is 17.9 Å². The molecule has 0 bridgehead atoms. The molecule has 2 fully saturated rings. The molecule has 0 spiro atoms. The Bertz CT molecular complexity index is 1180. The molecule has 4 rings (SSSR count). The van der Waals surface area contributed by atoms with Crippen molar-refractivity contribution in [2.24, 2.45) is 5.92 Å². The van der Waals surface area contributed by atoms with Crippen molar-refractivity contribution in [2.75, 3.05) is 13.2 Å². The first-order valence-electron chi connectivity index (χ1n) is 12.7. The van der Waals surface area contributed by atoms with Crippen molar-refractivity contribution in [1.82, 2.24) is 15.0 Å². The van der Waals surface area contributed by atoms with E-state index in [0.717, 1.165) is 48.2 Å². The minimum atomic E-state index is -3.77. The molecule has 1 saturated carbocycles. The second kappa shape index (κ2) is 11.5. The maximum atomic E-state index is 13.1. The number of rotatable bonds is 7. The van der Waals surface area contributed by atoms with Crippen LogP contribution in [-0.4, -0.2) is 44.1 Å². The number of aromatic nitrogens is 1. The number of thiazole rings is 1. The van der Waals surface area contributed by atoms with Crippen LogP contribution in [0.1, 0.15) is 81.2 Å². The van der Waals surface area contributed by atoms with Gasteiger partial charge in [0.2, 0.25) is 10.0 Å². The summed E-state index contributed by atoms with van der Waals surface area (Å²) < 4.78 is 33.8. The zero-order valence-electron chi connectivity index (χ0n) is 21.2. The monoisotopic (exact) mass is 553 g/mol. The van der Waals surface area contributed by atoms with Crippen molar-refractivity contribution in [3.63, 3.8) is 0 Å². The maximum absolute atomic E-state index is 13.1. The summed E-state index contributed by atoms with van der Waals surface area (Å²) in [4.78, 5) is 18.8. The van der Waals surface area contributed by atoms with Crippen molar-refractivity contribution >= 4 is 38.9 Å². The molecular weight excluding hydrogens is 518 g/mol. The third-order valence-corrected chi connectivity index (χ3v) is 9.97. The number of hydrogen-bond donors (Lipinski definition) is 2. The van der Waals surface area contributed by atoms with Crippen LogP contribution >= 0.6 is 22.9 Å². The number of halogens is 1. The average Bonchev–Trinajstić information content (AvgIpc) is 3.22. The fourth-order valence-corrected chi connectivity index (χ4v) is 7.84. The first-order valence-corrected chi connectivity index (χ1v) is 15.4. The lowest BCUT2D eigenvalue weighted by Crippen LogP contribution is -2.40. The smallest absolute Gasteiger partial charge is 0.280 e. The van der Waals surface area contributed by atoms with Crippen LogP contribution in [0, 0.1) is 5.92 Å². The van der Waals surface area contributed by atoms with Gasteiger partial charge in [-0.1, -0.05) is 49.8 Å². The molecule has 1 aliphatic carbocycles. The van der Waals surface area contributed by atoms with Crippen LogP contribution in [-0.2, 0) is 21.2 Å². The van der Waals surface area contributed by atoms with Crippen LogP contribution in [0.4, 0.5) is 0 Å². The summed E-state index contributed by atoms with van der Waals surface area (Å²) in [5.74, 6) is 0.375. The van der Waals surface area contributed by atoms with Gasteiger partial charge in [0.1, 0.15) is 4.90 Å². The molecule has 0 radical (unpaired) electrons. The van der Waals surface area contributed by atoms with E-state index in [-0.39, 0.29) is 21.9 Å². The molecule has 0 unspecified atom stereocenters. The summed E-state index contributed by atoms with van der Waals surface area (Å²) in [6.07, 6.45) is 8.45. The summed E-state index contributed by atoms with van der Waals surface area (Å²) in [5, 5.41) is 3.69. The lowest BCUT2D eigenvalue weighted by atomic mass is 9.85. The van der Waals surface area contributed by atoms with Gasteiger partial charge >= 0.3 is 0 Å². The Morgan fingerprint density at radius 2 is 1.83 bits per heavy atom. The van der Waals surface area contributed by atoms with Crippen LogP contribution in [0.2, 0.25) is 5.02 Å². The number of nitrogens with one attached hydrogen (secondary N) is 2. The fourth-order valence-electron chi connectivity index (χ4n) is 4.88. The molecule has 2 heterocycles. The van der Waals surface area contributed by atoms with E-state index in [9.17, 15) is 13.2 Å². The first-order chi connectivity index (χ1) is 17.0. The molecule has 2 aliphatic rings. The molecule has 0 atom stereocenters. The Morgan fingerprint density at radius 1 is 1.14 bits per heavy atom. The van der Waals surface area contributed by atoms with Crippen LogP contribution in [0.3, 0.4) is 0 Å². The lowest BCUT2D eigenvalue weighted by Gasteiger charge is -2.22. The van der Waals surface area contributed by atoms with Gasteiger partial charge in [-0.3, -0.25) is 4.79 Å². The Balaban J connectivity index is 1.64. The third kappa shape index (κ3) is 7.07. The summed E-state index contributed by atoms with van der Waals surface area (Å²) in [6.45, 7) is 6.66. The standard InChI is InChI=1S/C26H36ClN3O4S2/c1-26(2,3)30-36(32,33)22-10-9-18(16-20(22)27)23-21(15-17-7-5-4-6-8-17)29-25(35-23)24(31)28-19-11-13-34-14-12-19/h9-10,16-17,19,30H,4-8,11-15H2,1-3H3,(H,28,31). The molecule has 2 aromatic rings. The highest BCUT2D eigenvalue weighted by Gasteiger charge is 2.27. The number of nitrogens with zero attached hydrogens (tertiary/aromatic N) is 1. The highest BCUT2D eigenvalue weighted by Crippen LogP contribution is 2.37. The molecule has 1 aromatic heterocycles. The van der Waals surface area contributed by atoms with E-state index in [2.05, 4.69) is 10.0 Å². The minimum Gasteiger partial charge on any atom is -0.381 e. The molecule has 198 valence electrons. The van der Waals surface area contributed by atoms with Gasteiger partial charge in [0, 0.05) is 24.8 Å². The summed E-state index contributed by atoms with van der Waals surface area (Å²) in [5.41, 5.74) is 1.05. The fraction of sp³-hybridized carbons (Fsp3) is 0.615. The maximum Gasteiger partial charge on any atom is 0.280 e. The molecule has 1 aliphatic heterocycles. The second-order valence-corrected chi connectivity index (χ2v) is 13.9. The van der Waals surface area contributed by atoms with Gasteiger partial charge < -0.3 is 10.1 Å². The van der Waals surface area contributed by atoms with Crippen molar-refractivity contribution in [2.45, 2.75) is 88.6 Å². The van der Waals surface area contributed by atoms with Crippen LogP contribution in [0.25, 0.3) is 10.4 Å². The zero-order chi connectivity index (χ0) is 25.9. The molecule has 1 aromatic carbocycles. The quantitative estimate of drug-likeness (QED) is 0.467. The Labute approximate surface area is 223 Å². The first kappa shape index (κ1) is 27.5. The average molecular weight is 554 g/mol. The summed E-state index contributed by atoms with van der Waals surface area (Å²) in [6, 6.07) is 5.07. The van der Waals surface area contributed by atoms with E-state index in [1.165, 1.54) is 36.7 Å². The summed E-state index contributed by atoms with van der Waals surface area (Å²) >= 11 is 7.86. The van der Waals surface area contributed by atoms with Gasteiger partial charge in [-0.25, -0.2) is 18.1 Å². The highest BCUT2D eigenvalue weighted by atomic mass is 35.5. The van der Waals surface area contributed by atoms with Gasteiger partial charge in [0.25, 0.3) is 5.91 Å². The van der Waals surface area contributed by atoms with Gasteiger partial charge in [0.05, 0.1) is 15.6 Å². The van der Waals surface area contributed by atoms with Crippen LogP contribution in [0.15, 0.2) is 23.1 Å². The molecule has 1 amide bonds. The van der Waals surface area contributed by atoms with Crippen molar-refractivity contribution in [3.8, 4) is 10.4 Å². The number of benzene rings is 1. The normalized spacial score (nSPS) is 18.3. The molecule has 1 saturated heterocycles. The van der Waals surface area contributed by atoms with Crippen LogP contribution < -0.4 is 10.0 Å². The predicted octanol–water partition coefficient (Wildman–Crippen LogP) is 5.57. The minimum absolute atomic E-state index is 0.0404. The zero-order valence-corrected chi connectivity index (χ0v) is 23.6. The Hall–Kier alpha value is -1.52. The highest BCUT2D eigenvalue weighted by molar-refractivity contribution is 7.89. The number of amides is 1. The predicted molar refractivity (Wildman–Crippen MR) is 144 cm³/mol. The summed E-state index contributed by atoms with van der Waals surface area (Å²) in [7, 11) is -3.77. The van der Waals surface area contributed by atoms with Gasteiger partial charge in [-0.2, -0.15) is 0 Å². The van der Waals surface area contributed by atoms with Gasteiger partial charge in [-0.05, 0) is 63.6 Å². The number of carbonyl (C=O) groups is 1. The molecule has 2 N–H and O–H groups in total. The van der Waals surface area contributed by atoms with E-state index in [4.69, 9.17) is 21.3 Å². The SMILES string of the molecule is CC(C)(C)NS(=O)(=O)c1ccc(-c2sc(C(=O)NC3CCOCC3)nc2CC2CCCCC2)cc1Cl. The number of carbonyl (C=O) groups excluding carboxylic acids is 1. The molecule has 10 heteroatoms. The lowest BCUT2D eigenvalue weighted by molar-refractivity contribution is 0.0696. The molecule has 7 nitrogen and oxygen atoms in total. The molecular formula is C26H36ClN3O4S2. The van der Waals surface area contributed by atoms with E-state index >= 15 is 0 Å². The van der Waals surface area contributed by atoms with E-state index < -0.39 is 15.6 Å².